The number of carbonyl (C=O) groups is 1. The van der Waals surface area contributed by atoms with Crippen LogP contribution in [0, 0.1) is 29.6 Å². The van der Waals surface area contributed by atoms with Gasteiger partial charge in [-0.05, 0) is 101 Å². The Morgan fingerprint density at radius 2 is 1.94 bits per heavy atom. The molecule has 36 heavy (non-hydrogen) atoms. The molecule has 6 atom stereocenters. The molecule has 2 heterocycles. The van der Waals surface area contributed by atoms with Gasteiger partial charge in [0.1, 0.15) is 6.10 Å². The van der Waals surface area contributed by atoms with Crippen molar-refractivity contribution in [1.82, 2.24) is 0 Å². The van der Waals surface area contributed by atoms with Crippen LogP contribution in [0.1, 0.15) is 84.0 Å². The minimum Gasteiger partial charge on any atom is -0.459 e. The Kier molecular flexibility index (Phi) is 10.5. The average molecular weight is 497 g/mol. The summed E-state index contributed by atoms with van der Waals surface area (Å²) in [5, 5.41) is 0. The van der Waals surface area contributed by atoms with E-state index in [2.05, 4.69) is 37.8 Å². The molecule has 4 heteroatoms. The number of esters is 1. The lowest BCUT2D eigenvalue weighted by atomic mass is 9.78. The minimum absolute atomic E-state index is 0.0435. The second-order valence-electron chi connectivity index (χ2n) is 11.8. The molecule has 0 radical (unpaired) electrons. The molecule has 2 aliphatic carbocycles. The fourth-order valence-electron chi connectivity index (χ4n) is 6.23. The third-order valence-corrected chi connectivity index (χ3v) is 8.70. The van der Waals surface area contributed by atoms with Crippen molar-refractivity contribution < 1.29 is 19.0 Å². The van der Waals surface area contributed by atoms with Gasteiger partial charge in [0.25, 0.3) is 0 Å². The highest BCUT2D eigenvalue weighted by Crippen LogP contribution is 2.48. The summed E-state index contributed by atoms with van der Waals surface area (Å²) in [7, 11) is 1.73. The molecule has 0 amide bonds. The van der Waals surface area contributed by atoms with E-state index in [0.29, 0.717) is 30.8 Å². The summed E-state index contributed by atoms with van der Waals surface area (Å²) in [6, 6.07) is 0. The Bertz CT molecular complexity index is 803. The summed E-state index contributed by atoms with van der Waals surface area (Å²) in [5.41, 5.74) is 1.38. The average Bonchev–Trinajstić information content (AvgIpc) is 3.77. The summed E-state index contributed by atoms with van der Waals surface area (Å²) in [6.45, 7) is 7.44. The van der Waals surface area contributed by atoms with E-state index in [9.17, 15) is 4.79 Å². The molecule has 200 valence electrons. The highest BCUT2D eigenvalue weighted by atomic mass is 16.5. The first kappa shape index (κ1) is 27.4. The third-order valence-electron chi connectivity index (χ3n) is 8.70. The number of carbonyl (C=O) groups excluding carboxylic acids is 1. The molecule has 4 nitrogen and oxygen atoms in total. The highest BCUT2D eigenvalue weighted by Gasteiger charge is 2.42. The maximum absolute atomic E-state index is 13.0. The van der Waals surface area contributed by atoms with E-state index in [0.717, 1.165) is 44.4 Å². The van der Waals surface area contributed by atoms with Crippen LogP contribution in [0.4, 0.5) is 0 Å². The van der Waals surface area contributed by atoms with E-state index in [1.807, 2.05) is 6.08 Å². The lowest BCUT2D eigenvalue weighted by Gasteiger charge is -2.32. The minimum atomic E-state index is -0.209. The summed E-state index contributed by atoms with van der Waals surface area (Å²) in [5.74, 6) is 2.68. The topological polar surface area (TPSA) is 44.8 Å². The maximum atomic E-state index is 13.0. The Hall–Kier alpha value is -1.65. The van der Waals surface area contributed by atoms with Crippen LogP contribution in [-0.4, -0.2) is 38.0 Å². The number of ether oxygens (including phenoxy) is 3. The molecule has 0 saturated heterocycles. The fourth-order valence-corrected chi connectivity index (χ4v) is 6.23. The first-order valence-corrected chi connectivity index (χ1v) is 14.5. The molecule has 0 spiro atoms. The maximum Gasteiger partial charge on any atom is 0.330 e. The van der Waals surface area contributed by atoms with Gasteiger partial charge in [-0.2, -0.15) is 0 Å². The first-order valence-electron chi connectivity index (χ1n) is 14.5. The van der Waals surface area contributed by atoms with Crippen molar-refractivity contribution in [3.8, 4) is 0 Å². The SMILES string of the molecule is C=C1CCCC2CC=CC(C/C=C\C(=O)OC(C(/C=C/COC)C3CC3)CC(C3CC3)C(C)CC1)O2. The zero-order chi connectivity index (χ0) is 25.3. The van der Waals surface area contributed by atoms with Gasteiger partial charge in [-0.3, -0.25) is 0 Å². The van der Waals surface area contributed by atoms with E-state index in [-0.39, 0.29) is 30.2 Å². The summed E-state index contributed by atoms with van der Waals surface area (Å²) < 4.78 is 17.8. The normalized spacial score (nSPS) is 35.1. The monoisotopic (exact) mass is 496 g/mol. The van der Waals surface area contributed by atoms with Crippen LogP contribution < -0.4 is 0 Å². The number of hydrogen-bond acceptors (Lipinski definition) is 4. The van der Waals surface area contributed by atoms with E-state index in [1.165, 1.54) is 37.7 Å². The van der Waals surface area contributed by atoms with Gasteiger partial charge in [0.05, 0.1) is 18.8 Å². The Morgan fingerprint density at radius 3 is 2.69 bits per heavy atom. The lowest BCUT2D eigenvalue weighted by molar-refractivity contribution is -0.146. The van der Waals surface area contributed by atoms with Gasteiger partial charge in [-0.15, -0.1) is 0 Å². The van der Waals surface area contributed by atoms with Gasteiger partial charge in [-0.1, -0.05) is 49.5 Å². The Balaban J connectivity index is 1.52. The number of allylic oxidation sites excluding steroid dienone is 1. The van der Waals surface area contributed by atoms with Crippen molar-refractivity contribution in [2.75, 3.05) is 13.7 Å². The zero-order valence-electron chi connectivity index (χ0n) is 22.6. The quantitative estimate of drug-likeness (QED) is 0.285. The van der Waals surface area contributed by atoms with E-state index >= 15 is 0 Å². The van der Waals surface area contributed by atoms with E-state index < -0.39 is 0 Å². The van der Waals surface area contributed by atoms with Crippen molar-refractivity contribution in [2.24, 2.45) is 29.6 Å². The second-order valence-corrected chi connectivity index (χ2v) is 11.8. The molecular weight excluding hydrogens is 448 g/mol. The summed E-state index contributed by atoms with van der Waals surface area (Å²) >= 11 is 0. The molecule has 0 aromatic carbocycles. The molecule has 2 aliphatic heterocycles. The van der Waals surface area contributed by atoms with Gasteiger partial charge in [-0.25, -0.2) is 4.79 Å². The van der Waals surface area contributed by atoms with Crippen LogP contribution >= 0.6 is 0 Å². The number of cyclic esters (lactones) is 1. The van der Waals surface area contributed by atoms with Crippen molar-refractivity contribution in [3.05, 3.63) is 48.6 Å². The van der Waals surface area contributed by atoms with Gasteiger partial charge < -0.3 is 14.2 Å². The third kappa shape index (κ3) is 8.73. The van der Waals surface area contributed by atoms with Crippen molar-refractivity contribution in [1.29, 1.82) is 0 Å². The summed E-state index contributed by atoms with van der Waals surface area (Å²) in [6.07, 6.45) is 25.9. The molecule has 0 aromatic rings. The number of hydrogen-bond donors (Lipinski definition) is 0. The predicted octanol–water partition coefficient (Wildman–Crippen LogP) is 7.36. The fraction of sp³-hybridized carbons (Fsp3) is 0.719. The second kappa shape index (κ2) is 13.8. The van der Waals surface area contributed by atoms with Gasteiger partial charge >= 0.3 is 5.97 Å². The molecular formula is C32H48O4. The van der Waals surface area contributed by atoms with E-state index in [1.54, 1.807) is 13.2 Å². The molecule has 4 rings (SSSR count). The number of methoxy groups -OCH3 is 1. The summed E-state index contributed by atoms with van der Waals surface area (Å²) in [4.78, 5) is 13.0. The van der Waals surface area contributed by atoms with Gasteiger partial charge in [0.2, 0.25) is 0 Å². The predicted molar refractivity (Wildman–Crippen MR) is 146 cm³/mol. The van der Waals surface area contributed by atoms with Crippen LogP contribution in [0.5, 0.6) is 0 Å². The highest BCUT2D eigenvalue weighted by molar-refractivity contribution is 5.82. The number of rotatable bonds is 6. The van der Waals surface area contributed by atoms with Gasteiger partial charge in [0.15, 0.2) is 0 Å². The van der Waals surface area contributed by atoms with Crippen LogP contribution in [0.2, 0.25) is 0 Å². The molecule has 0 N–H and O–H groups in total. The smallest absolute Gasteiger partial charge is 0.330 e. The van der Waals surface area contributed by atoms with Gasteiger partial charge in [0, 0.05) is 19.1 Å². The molecule has 2 fully saturated rings. The standard InChI is InChI=1S/C32H48O4/c1-23-8-4-9-27-10-5-11-28(35-27)12-6-14-32(33)36-31(29(25-17-18-25)13-7-21-34-3)22-30(26-19-20-26)24(2)16-15-23/h5-7,11,13-14,24-31H,1,4,8-10,12,15-22H2,2-3H3/b13-7+,14-6-. The Morgan fingerprint density at radius 1 is 1.11 bits per heavy atom. The number of fused-ring (bicyclic) bond motifs is 2. The van der Waals surface area contributed by atoms with Crippen molar-refractivity contribution in [2.45, 2.75) is 102 Å². The molecule has 2 saturated carbocycles. The van der Waals surface area contributed by atoms with Crippen LogP contribution in [-0.2, 0) is 19.0 Å². The van der Waals surface area contributed by atoms with Crippen LogP contribution in [0.15, 0.2) is 48.6 Å². The lowest BCUT2D eigenvalue weighted by Crippen LogP contribution is -2.32. The molecule has 4 aliphatic rings. The van der Waals surface area contributed by atoms with Crippen molar-refractivity contribution >= 4 is 5.97 Å². The molecule has 0 aromatic heterocycles. The Labute approximate surface area is 219 Å². The van der Waals surface area contributed by atoms with Crippen LogP contribution in [0.25, 0.3) is 0 Å². The van der Waals surface area contributed by atoms with Crippen molar-refractivity contribution in [3.63, 3.8) is 0 Å². The first-order chi connectivity index (χ1) is 17.5. The molecule has 6 unspecified atom stereocenters. The molecule has 2 bridgehead atoms. The van der Waals surface area contributed by atoms with Crippen LogP contribution in [0.3, 0.4) is 0 Å². The largest absolute Gasteiger partial charge is 0.459 e. The zero-order valence-corrected chi connectivity index (χ0v) is 22.6. The van der Waals surface area contributed by atoms with E-state index in [4.69, 9.17) is 14.2 Å².